The van der Waals surface area contributed by atoms with E-state index in [0.717, 1.165) is 10.9 Å². The molecule has 0 aromatic heterocycles. The number of methoxy groups -OCH3 is 2. The van der Waals surface area contributed by atoms with Gasteiger partial charge in [0.15, 0.2) is 17.3 Å². The van der Waals surface area contributed by atoms with Crippen molar-refractivity contribution in [3.63, 3.8) is 0 Å². The third-order valence-electron chi connectivity index (χ3n) is 3.57. The molecule has 1 aromatic carbocycles. The van der Waals surface area contributed by atoms with Gasteiger partial charge in [0, 0.05) is 16.0 Å². The zero-order valence-electron chi connectivity index (χ0n) is 11.0. The van der Waals surface area contributed by atoms with Crippen molar-refractivity contribution in [3.8, 4) is 11.5 Å². The van der Waals surface area contributed by atoms with E-state index in [1.807, 2.05) is 0 Å². The van der Waals surface area contributed by atoms with Gasteiger partial charge in [-0.3, -0.25) is 4.79 Å². The molecule has 1 unspecified atom stereocenters. The molecule has 98 valence electrons. The van der Waals surface area contributed by atoms with Crippen LogP contribution < -0.4 is 9.47 Å². The van der Waals surface area contributed by atoms with E-state index in [1.54, 1.807) is 26.4 Å². The maximum atomic E-state index is 12.4. The van der Waals surface area contributed by atoms with E-state index in [1.165, 1.54) is 0 Å². The highest BCUT2D eigenvalue weighted by atomic mass is 79.9. The zero-order valence-corrected chi connectivity index (χ0v) is 12.6. The van der Waals surface area contributed by atoms with Gasteiger partial charge in [-0.05, 0) is 39.9 Å². The van der Waals surface area contributed by atoms with Gasteiger partial charge in [-0.2, -0.15) is 0 Å². The van der Waals surface area contributed by atoms with Gasteiger partial charge < -0.3 is 9.47 Å². The Morgan fingerprint density at radius 2 is 1.78 bits per heavy atom. The van der Waals surface area contributed by atoms with E-state index < -0.39 is 0 Å². The molecule has 1 atom stereocenters. The van der Waals surface area contributed by atoms with E-state index in [4.69, 9.17) is 9.47 Å². The Morgan fingerprint density at radius 1 is 1.28 bits per heavy atom. The van der Waals surface area contributed by atoms with Crippen molar-refractivity contribution < 1.29 is 14.3 Å². The van der Waals surface area contributed by atoms with E-state index >= 15 is 0 Å². The van der Waals surface area contributed by atoms with E-state index in [9.17, 15) is 4.79 Å². The van der Waals surface area contributed by atoms with Gasteiger partial charge in [0.2, 0.25) is 0 Å². The highest BCUT2D eigenvalue weighted by Crippen LogP contribution is 2.53. The maximum Gasteiger partial charge on any atom is 0.167 e. The predicted octanol–water partition coefficient (Wildman–Crippen LogP) is 3.70. The largest absolute Gasteiger partial charge is 0.493 e. The maximum absolute atomic E-state index is 12.4. The average Bonchev–Trinajstić information content (AvgIpc) is 2.97. The summed E-state index contributed by atoms with van der Waals surface area (Å²) in [4.78, 5) is 12.4. The Morgan fingerprint density at radius 3 is 2.22 bits per heavy atom. The SMILES string of the molecule is COc1cc(Br)c(C(=O)C2CC2(C)C)cc1OC. The summed E-state index contributed by atoms with van der Waals surface area (Å²) >= 11 is 3.43. The summed E-state index contributed by atoms with van der Waals surface area (Å²) in [6.07, 6.45) is 0.951. The van der Waals surface area contributed by atoms with Crippen molar-refractivity contribution in [2.24, 2.45) is 11.3 Å². The second kappa shape index (κ2) is 4.57. The number of Topliss-reactive ketones (excluding diaryl/α,β-unsaturated/α-hetero) is 1. The van der Waals surface area contributed by atoms with Crippen LogP contribution in [0, 0.1) is 11.3 Å². The van der Waals surface area contributed by atoms with Crippen LogP contribution in [0.4, 0.5) is 0 Å². The van der Waals surface area contributed by atoms with Gasteiger partial charge in [0.25, 0.3) is 0 Å². The smallest absolute Gasteiger partial charge is 0.167 e. The van der Waals surface area contributed by atoms with Crippen LogP contribution in [-0.4, -0.2) is 20.0 Å². The van der Waals surface area contributed by atoms with Crippen LogP contribution in [0.2, 0.25) is 0 Å². The van der Waals surface area contributed by atoms with Crippen molar-refractivity contribution >= 4 is 21.7 Å². The molecule has 0 aliphatic heterocycles. The molecule has 3 nitrogen and oxygen atoms in total. The molecule has 2 rings (SSSR count). The van der Waals surface area contributed by atoms with E-state index in [-0.39, 0.29) is 17.1 Å². The number of halogens is 1. The summed E-state index contributed by atoms with van der Waals surface area (Å²) in [7, 11) is 3.15. The number of ether oxygens (including phenoxy) is 2. The molecule has 0 bridgehead atoms. The van der Waals surface area contributed by atoms with Crippen LogP contribution in [0.25, 0.3) is 0 Å². The monoisotopic (exact) mass is 312 g/mol. The molecule has 1 aromatic rings. The highest BCUT2D eigenvalue weighted by molar-refractivity contribution is 9.10. The molecule has 1 aliphatic carbocycles. The molecule has 4 heteroatoms. The molecule has 0 heterocycles. The molecule has 0 saturated heterocycles. The molecule has 0 amide bonds. The summed E-state index contributed by atoms with van der Waals surface area (Å²) in [6.45, 7) is 4.23. The predicted molar refractivity (Wildman–Crippen MR) is 73.5 cm³/mol. The number of carbonyl (C=O) groups excluding carboxylic acids is 1. The first kappa shape index (κ1) is 13.4. The van der Waals surface area contributed by atoms with Gasteiger partial charge in [0.1, 0.15) is 0 Å². The first-order chi connectivity index (χ1) is 8.40. The number of hydrogen-bond acceptors (Lipinski definition) is 3. The average molecular weight is 313 g/mol. The number of hydrogen-bond donors (Lipinski definition) is 0. The molecular formula is C14H17BrO3. The summed E-state index contributed by atoms with van der Waals surface area (Å²) in [5.41, 5.74) is 0.798. The van der Waals surface area contributed by atoms with Crippen molar-refractivity contribution in [1.29, 1.82) is 0 Å². The van der Waals surface area contributed by atoms with Gasteiger partial charge >= 0.3 is 0 Å². The van der Waals surface area contributed by atoms with E-state index in [0.29, 0.717) is 17.1 Å². The van der Waals surface area contributed by atoms with Crippen LogP contribution >= 0.6 is 15.9 Å². The van der Waals surface area contributed by atoms with Crippen LogP contribution in [0.5, 0.6) is 11.5 Å². The lowest BCUT2D eigenvalue weighted by Gasteiger charge is -2.11. The minimum Gasteiger partial charge on any atom is -0.493 e. The molecule has 0 spiro atoms. The number of carbonyl (C=O) groups is 1. The molecule has 18 heavy (non-hydrogen) atoms. The molecule has 0 N–H and O–H groups in total. The molecule has 1 aliphatic rings. The third-order valence-corrected chi connectivity index (χ3v) is 4.22. The second-order valence-corrected chi connectivity index (χ2v) is 6.15. The van der Waals surface area contributed by atoms with Crippen LogP contribution in [-0.2, 0) is 0 Å². The molecule has 1 saturated carbocycles. The number of ketones is 1. The fraction of sp³-hybridized carbons (Fsp3) is 0.500. The van der Waals surface area contributed by atoms with Crippen molar-refractivity contribution in [2.75, 3.05) is 14.2 Å². The Hall–Kier alpha value is -1.03. The second-order valence-electron chi connectivity index (χ2n) is 5.30. The van der Waals surface area contributed by atoms with Gasteiger partial charge in [-0.15, -0.1) is 0 Å². The number of rotatable bonds is 4. The zero-order chi connectivity index (χ0) is 13.5. The fourth-order valence-corrected chi connectivity index (χ4v) is 2.66. The lowest BCUT2D eigenvalue weighted by Crippen LogP contribution is -2.08. The van der Waals surface area contributed by atoms with Crippen molar-refractivity contribution in [2.45, 2.75) is 20.3 Å². The highest BCUT2D eigenvalue weighted by Gasteiger charge is 2.50. The quantitative estimate of drug-likeness (QED) is 0.795. The Labute approximate surface area is 116 Å². The third kappa shape index (κ3) is 2.26. The summed E-state index contributed by atoms with van der Waals surface area (Å²) in [6, 6.07) is 3.53. The fourth-order valence-electron chi connectivity index (χ4n) is 2.15. The lowest BCUT2D eigenvalue weighted by atomic mass is 10.0. The molecular weight excluding hydrogens is 296 g/mol. The van der Waals surface area contributed by atoms with Crippen molar-refractivity contribution in [3.05, 3.63) is 22.2 Å². The minimum absolute atomic E-state index is 0.118. The van der Waals surface area contributed by atoms with E-state index in [2.05, 4.69) is 29.8 Å². The molecule has 0 radical (unpaired) electrons. The number of benzene rings is 1. The molecule has 1 fully saturated rings. The van der Waals surface area contributed by atoms with Crippen LogP contribution in [0.15, 0.2) is 16.6 Å². The van der Waals surface area contributed by atoms with Gasteiger partial charge in [-0.1, -0.05) is 13.8 Å². The Balaban J connectivity index is 2.37. The van der Waals surface area contributed by atoms with Crippen LogP contribution in [0.3, 0.4) is 0 Å². The summed E-state index contributed by atoms with van der Waals surface area (Å²) < 4.78 is 11.2. The van der Waals surface area contributed by atoms with Gasteiger partial charge in [0.05, 0.1) is 14.2 Å². The van der Waals surface area contributed by atoms with Crippen LogP contribution in [0.1, 0.15) is 30.6 Å². The Kier molecular flexibility index (Phi) is 3.41. The lowest BCUT2D eigenvalue weighted by molar-refractivity contribution is 0.0952. The normalized spacial score (nSPS) is 20.4. The van der Waals surface area contributed by atoms with Gasteiger partial charge in [-0.25, -0.2) is 0 Å². The first-order valence-corrected chi connectivity index (χ1v) is 6.65. The minimum atomic E-state index is 0.118. The Bertz CT molecular complexity index is 494. The standard InChI is InChI=1S/C14H17BrO3/c1-14(2)7-9(14)13(16)8-5-11(17-3)12(18-4)6-10(8)15/h5-6,9H,7H2,1-4H3. The van der Waals surface area contributed by atoms with Crippen molar-refractivity contribution in [1.82, 2.24) is 0 Å². The topological polar surface area (TPSA) is 35.5 Å². The first-order valence-electron chi connectivity index (χ1n) is 5.86. The summed E-state index contributed by atoms with van der Waals surface area (Å²) in [5.74, 6) is 1.50. The summed E-state index contributed by atoms with van der Waals surface area (Å²) in [5, 5.41) is 0.